The summed E-state index contributed by atoms with van der Waals surface area (Å²) >= 11 is 0. The summed E-state index contributed by atoms with van der Waals surface area (Å²) in [5, 5.41) is 2.98. The van der Waals surface area contributed by atoms with E-state index in [1.165, 1.54) is 5.56 Å². The number of fused-ring (bicyclic) bond motifs is 1. The molecule has 3 aromatic rings. The maximum Gasteiger partial charge on any atom is 0.257 e. The lowest BCUT2D eigenvalue weighted by molar-refractivity contribution is -0.138. The van der Waals surface area contributed by atoms with Crippen LogP contribution in [0.15, 0.2) is 54.9 Å². The van der Waals surface area contributed by atoms with Crippen LogP contribution in [0.4, 0.5) is 5.69 Å². The molecule has 2 aliphatic rings. The molecular weight excluding hydrogens is 426 g/mol. The molecule has 176 valence electrons. The summed E-state index contributed by atoms with van der Waals surface area (Å²) in [6.45, 7) is 3.63. The Kier molecular flexibility index (Phi) is 6.54. The van der Waals surface area contributed by atoms with Gasteiger partial charge in [0.1, 0.15) is 5.52 Å². The lowest BCUT2D eigenvalue weighted by Gasteiger charge is -2.37. The second-order valence-corrected chi connectivity index (χ2v) is 9.51. The van der Waals surface area contributed by atoms with Gasteiger partial charge in [-0.05, 0) is 75.0 Å². The maximum absolute atomic E-state index is 12.9. The number of amides is 2. The van der Waals surface area contributed by atoms with Crippen molar-refractivity contribution < 1.29 is 9.59 Å². The Labute approximate surface area is 200 Å². The number of aromatic nitrogens is 2. The van der Waals surface area contributed by atoms with Crippen LogP contribution in [0.5, 0.6) is 0 Å². The van der Waals surface area contributed by atoms with Gasteiger partial charge >= 0.3 is 0 Å². The Balaban J connectivity index is 1.18. The Morgan fingerprint density at radius 3 is 2.47 bits per heavy atom. The first-order valence-electron chi connectivity index (χ1n) is 12.2. The fourth-order valence-corrected chi connectivity index (χ4v) is 5.27. The number of para-hydroxylation sites is 1. The van der Waals surface area contributed by atoms with Crippen molar-refractivity contribution in [3.63, 3.8) is 0 Å². The van der Waals surface area contributed by atoms with Gasteiger partial charge in [-0.1, -0.05) is 18.2 Å². The number of nitrogens with one attached hydrogen (secondary N) is 1. The summed E-state index contributed by atoms with van der Waals surface area (Å²) in [7, 11) is 2.11. The number of hydrogen-bond acceptors (Lipinski definition) is 5. The fourth-order valence-electron chi connectivity index (χ4n) is 5.27. The highest BCUT2D eigenvalue weighted by atomic mass is 16.2. The van der Waals surface area contributed by atoms with Gasteiger partial charge in [-0.2, -0.15) is 0 Å². The largest absolute Gasteiger partial charge is 0.342 e. The van der Waals surface area contributed by atoms with Crippen molar-refractivity contribution in [1.29, 1.82) is 0 Å². The van der Waals surface area contributed by atoms with Crippen molar-refractivity contribution in [2.75, 3.05) is 38.5 Å². The predicted molar refractivity (Wildman–Crippen MR) is 133 cm³/mol. The first-order valence-corrected chi connectivity index (χ1v) is 12.2. The van der Waals surface area contributed by atoms with Crippen LogP contribution < -0.4 is 5.32 Å². The van der Waals surface area contributed by atoms with E-state index in [2.05, 4.69) is 44.3 Å². The number of anilines is 1. The molecule has 2 fully saturated rings. The molecule has 1 aromatic heterocycles. The predicted octanol–water partition coefficient (Wildman–Crippen LogP) is 3.93. The van der Waals surface area contributed by atoms with E-state index in [0.29, 0.717) is 28.4 Å². The van der Waals surface area contributed by atoms with Crippen molar-refractivity contribution in [1.82, 2.24) is 19.8 Å². The second-order valence-electron chi connectivity index (χ2n) is 9.51. The minimum absolute atomic E-state index is 0.158. The fraction of sp³-hybridized carbons (Fsp3) is 0.407. The van der Waals surface area contributed by atoms with Gasteiger partial charge in [0.2, 0.25) is 5.91 Å². The Morgan fingerprint density at radius 1 is 0.941 bits per heavy atom. The Hall–Kier alpha value is -3.32. The van der Waals surface area contributed by atoms with Crippen molar-refractivity contribution in [2.24, 2.45) is 5.92 Å². The van der Waals surface area contributed by atoms with Gasteiger partial charge in [-0.25, -0.2) is 0 Å². The number of carbonyl (C=O) groups is 2. The van der Waals surface area contributed by atoms with Crippen LogP contribution >= 0.6 is 0 Å². The molecule has 3 heterocycles. The third-order valence-electron chi connectivity index (χ3n) is 7.16. The smallest absolute Gasteiger partial charge is 0.257 e. The highest BCUT2D eigenvalue weighted by Gasteiger charge is 2.30. The standard InChI is InChI=1S/C27H31N5O2/c1-31-15-3-4-21(18-31)27(34)32-16-11-20(12-17-32)19-7-9-22(10-8-19)30-26(33)23-5-2-6-24-25(23)29-14-13-28-24/h2,5-10,13-14,20-21H,3-4,11-12,15-18H2,1H3,(H,30,33). The number of nitrogens with zero attached hydrogens (tertiary/aromatic N) is 4. The average Bonchev–Trinajstić information content (AvgIpc) is 2.88. The van der Waals surface area contributed by atoms with Crippen LogP contribution in [-0.2, 0) is 4.79 Å². The number of hydrogen-bond donors (Lipinski definition) is 1. The van der Waals surface area contributed by atoms with Crippen molar-refractivity contribution in [3.05, 3.63) is 66.0 Å². The zero-order valence-electron chi connectivity index (χ0n) is 19.6. The third-order valence-corrected chi connectivity index (χ3v) is 7.16. The minimum atomic E-state index is -0.195. The van der Waals surface area contributed by atoms with Crippen LogP contribution in [0.2, 0.25) is 0 Å². The molecule has 1 N–H and O–H groups in total. The molecule has 0 radical (unpaired) electrons. The van der Waals surface area contributed by atoms with E-state index in [-0.39, 0.29) is 11.8 Å². The van der Waals surface area contributed by atoms with Gasteiger partial charge < -0.3 is 15.1 Å². The van der Waals surface area contributed by atoms with Gasteiger partial charge in [-0.3, -0.25) is 19.6 Å². The van der Waals surface area contributed by atoms with E-state index < -0.39 is 0 Å². The molecule has 1 atom stereocenters. The summed E-state index contributed by atoms with van der Waals surface area (Å²) in [4.78, 5) is 38.7. The number of rotatable bonds is 4. The molecule has 7 heteroatoms. The summed E-state index contributed by atoms with van der Waals surface area (Å²) in [6, 6.07) is 13.5. The van der Waals surface area contributed by atoms with Crippen LogP contribution in [0, 0.1) is 5.92 Å². The van der Waals surface area contributed by atoms with E-state index in [1.54, 1.807) is 18.5 Å². The average molecular weight is 458 g/mol. The summed E-state index contributed by atoms with van der Waals surface area (Å²) in [6.07, 6.45) is 7.31. The molecule has 2 aliphatic heterocycles. The molecule has 1 unspecified atom stereocenters. The van der Waals surface area contributed by atoms with Crippen LogP contribution in [0.3, 0.4) is 0 Å². The first-order chi connectivity index (χ1) is 16.6. The van der Waals surface area contributed by atoms with Gasteiger partial charge in [0.25, 0.3) is 5.91 Å². The molecule has 5 rings (SSSR count). The van der Waals surface area contributed by atoms with Crippen LogP contribution in [-0.4, -0.2) is 64.8 Å². The first kappa shape index (κ1) is 22.5. The van der Waals surface area contributed by atoms with Gasteiger partial charge in [0, 0.05) is 37.7 Å². The lowest BCUT2D eigenvalue weighted by atomic mass is 9.88. The van der Waals surface area contributed by atoms with E-state index in [1.807, 2.05) is 24.3 Å². The Morgan fingerprint density at radius 2 is 1.71 bits per heavy atom. The molecule has 0 aliphatic carbocycles. The van der Waals surface area contributed by atoms with Crippen molar-refractivity contribution >= 4 is 28.5 Å². The molecule has 0 spiro atoms. The highest BCUT2D eigenvalue weighted by molar-refractivity contribution is 6.11. The normalized spacial score (nSPS) is 19.8. The van der Waals surface area contributed by atoms with E-state index in [0.717, 1.165) is 57.5 Å². The number of benzene rings is 2. The zero-order valence-corrected chi connectivity index (χ0v) is 19.6. The topological polar surface area (TPSA) is 78.4 Å². The molecule has 2 amide bonds. The lowest BCUT2D eigenvalue weighted by Crippen LogP contribution is -2.46. The number of piperidine rings is 2. The maximum atomic E-state index is 12.9. The monoisotopic (exact) mass is 457 g/mol. The SMILES string of the molecule is CN1CCCC(C(=O)N2CCC(c3ccc(NC(=O)c4cccc5nccnc45)cc3)CC2)C1. The Bertz CT molecular complexity index is 1170. The zero-order chi connectivity index (χ0) is 23.5. The van der Waals surface area contributed by atoms with E-state index >= 15 is 0 Å². The molecular formula is C27H31N5O2. The van der Waals surface area contributed by atoms with Gasteiger partial charge in [0.15, 0.2) is 0 Å². The summed E-state index contributed by atoms with van der Waals surface area (Å²) < 4.78 is 0. The van der Waals surface area contributed by atoms with Crippen molar-refractivity contribution in [3.8, 4) is 0 Å². The second kappa shape index (κ2) is 9.89. The van der Waals surface area contributed by atoms with Crippen LogP contribution in [0.1, 0.15) is 47.5 Å². The quantitative estimate of drug-likeness (QED) is 0.642. The third kappa shape index (κ3) is 4.80. The highest BCUT2D eigenvalue weighted by Crippen LogP contribution is 2.30. The van der Waals surface area contributed by atoms with E-state index in [4.69, 9.17) is 0 Å². The van der Waals surface area contributed by atoms with Gasteiger partial charge in [-0.15, -0.1) is 0 Å². The van der Waals surface area contributed by atoms with E-state index in [9.17, 15) is 9.59 Å². The number of likely N-dealkylation sites (tertiary alicyclic amines) is 2. The van der Waals surface area contributed by atoms with Gasteiger partial charge in [0.05, 0.1) is 17.0 Å². The molecule has 7 nitrogen and oxygen atoms in total. The molecule has 0 saturated carbocycles. The van der Waals surface area contributed by atoms with Crippen molar-refractivity contribution in [2.45, 2.75) is 31.6 Å². The van der Waals surface area contributed by atoms with Crippen LogP contribution in [0.25, 0.3) is 11.0 Å². The summed E-state index contributed by atoms with van der Waals surface area (Å²) in [5.74, 6) is 0.738. The molecule has 34 heavy (non-hydrogen) atoms. The molecule has 2 saturated heterocycles. The summed E-state index contributed by atoms with van der Waals surface area (Å²) in [5.41, 5.74) is 3.82. The molecule has 2 aromatic carbocycles. The number of carbonyl (C=O) groups excluding carboxylic acids is 2. The molecule has 0 bridgehead atoms. The minimum Gasteiger partial charge on any atom is -0.342 e.